The third-order valence-corrected chi connectivity index (χ3v) is 3.12. The molecule has 0 radical (unpaired) electrons. The van der Waals surface area contributed by atoms with E-state index in [1.54, 1.807) is 7.11 Å². The number of benzene rings is 2. The predicted octanol–water partition coefficient (Wildman–Crippen LogP) is 2.20. The van der Waals surface area contributed by atoms with Crippen LogP contribution in [0.5, 0.6) is 5.75 Å². The van der Waals surface area contributed by atoms with Crippen molar-refractivity contribution < 1.29 is 4.74 Å². The SMILES string of the molecule is Bc1ccc(Cl)c(Cc2ccc(OC)cc2)c1. The zero-order chi connectivity index (χ0) is 12.3. The van der Waals surface area contributed by atoms with E-state index in [-0.39, 0.29) is 0 Å². The van der Waals surface area contributed by atoms with E-state index in [4.69, 9.17) is 16.3 Å². The van der Waals surface area contributed by atoms with Gasteiger partial charge in [0.15, 0.2) is 0 Å². The second kappa shape index (κ2) is 5.28. The van der Waals surface area contributed by atoms with E-state index in [0.717, 1.165) is 22.8 Å². The fraction of sp³-hybridized carbons (Fsp3) is 0.143. The molecular formula is C14H14BClO. The van der Waals surface area contributed by atoms with Gasteiger partial charge in [-0.3, -0.25) is 0 Å². The molecule has 0 aromatic heterocycles. The molecule has 0 saturated carbocycles. The average molecular weight is 245 g/mol. The minimum absolute atomic E-state index is 0.825. The van der Waals surface area contributed by atoms with Gasteiger partial charge in [-0.2, -0.15) is 0 Å². The summed E-state index contributed by atoms with van der Waals surface area (Å²) in [5.74, 6) is 0.879. The van der Waals surface area contributed by atoms with Crippen molar-refractivity contribution in [1.29, 1.82) is 0 Å². The first-order chi connectivity index (χ1) is 8.19. The topological polar surface area (TPSA) is 9.23 Å². The van der Waals surface area contributed by atoms with Gasteiger partial charge >= 0.3 is 0 Å². The van der Waals surface area contributed by atoms with Gasteiger partial charge in [0.2, 0.25) is 0 Å². The zero-order valence-electron chi connectivity index (χ0n) is 10.0. The molecule has 1 nitrogen and oxygen atoms in total. The van der Waals surface area contributed by atoms with Crippen molar-refractivity contribution in [2.24, 2.45) is 0 Å². The summed E-state index contributed by atoms with van der Waals surface area (Å²) in [5.41, 5.74) is 3.63. The van der Waals surface area contributed by atoms with Gasteiger partial charge in [-0.15, -0.1) is 0 Å². The normalized spacial score (nSPS) is 10.2. The summed E-state index contributed by atoms with van der Waals surface area (Å²) in [6.07, 6.45) is 0.852. The monoisotopic (exact) mass is 244 g/mol. The summed E-state index contributed by atoms with van der Waals surface area (Å²) < 4.78 is 5.14. The quantitative estimate of drug-likeness (QED) is 0.752. The van der Waals surface area contributed by atoms with Crippen LogP contribution in [0.4, 0.5) is 0 Å². The number of hydrogen-bond acceptors (Lipinski definition) is 1. The van der Waals surface area contributed by atoms with Crippen LogP contribution < -0.4 is 10.2 Å². The molecule has 0 amide bonds. The first-order valence-corrected chi connectivity index (χ1v) is 5.95. The highest BCUT2D eigenvalue weighted by Gasteiger charge is 2.02. The Kier molecular flexibility index (Phi) is 3.75. The van der Waals surface area contributed by atoms with Gasteiger partial charge in [0.1, 0.15) is 13.6 Å². The molecule has 0 aliphatic carbocycles. The van der Waals surface area contributed by atoms with Crippen molar-refractivity contribution in [1.82, 2.24) is 0 Å². The highest BCUT2D eigenvalue weighted by molar-refractivity contribution is 6.34. The Morgan fingerprint density at radius 3 is 2.47 bits per heavy atom. The predicted molar refractivity (Wildman–Crippen MR) is 75.4 cm³/mol. The number of methoxy groups -OCH3 is 1. The lowest BCUT2D eigenvalue weighted by Gasteiger charge is -2.07. The highest BCUT2D eigenvalue weighted by Crippen LogP contribution is 2.19. The Morgan fingerprint density at radius 1 is 1.12 bits per heavy atom. The lowest BCUT2D eigenvalue weighted by molar-refractivity contribution is 0.414. The van der Waals surface area contributed by atoms with Gasteiger partial charge in [-0.05, 0) is 35.7 Å². The third-order valence-electron chi connectivity index (χ3n) is 2.75. The number of hydrogen-bond donors (Lipinski definition) is 0. The van der Waals surface area contributed by atoms with Gasteiger partial charge in [-0.25, -0.2) is 0 Å². The molecular weight excluding hydrogens is 230 g/mol. The van der Waals surface area contributed by atoms with E-state index in [9.17, 15) is 0 Å². The van der Waals surface area contributed by atoms with Crippen molar-refractivity contribution in [2.75, 3.05) is 7.11 Å². The number of ether oxygens (including phenoxy) is 1. The molecule has 2 rings (SSSR count). The van der Waals surface area contributed by atoms with E-state index in [1.165, 1.54) is 11.0 Å². The molecule has 86 valence electrons. The van der Waals surface area contributed by atoms with Gasteiger partial charge in [0.05, 0.1) is 7.11 Å². The number of halogens is 1. The summed E-state index contributed by atoms with van der Waals surface area (Å²) in [5, 5.41) is 0.825. The first-order valence-electron chi connectivity index (χ1n) is 5.57. The van der Waals surface area contributed by atoms with Crippen molar-refractivity contribution in [3.8, 4) is 5.75 Å². The minimum Gasteiger partial charge on any atom is -0.497 e. The van der Waals surface area contributed by atoms with E-state index in [0.29, 0.717) is 0 Å². The fourth-order valence-electron chi connectivity index (χ4n) is 1.80. The summed E-state index contributed by atoms with van der Waals surface area (Å²) >= 11 is 6.18. The molecule has 0 aliphatic rings. The maximum atomic E-state index is 6.18. The molecule has 0 spiro atoms. The summed E-state index contributed by atoms with van der Waals surface area (Å²) in [6.45, 7) is 0. The van der Waals surface area contributed by atoms with E-state index >= 15 is 0 Å². The molecule has 0 heterocycles. The van der Waals surface area contributed by atoms with Crippen LogP contribution in [-0.4, -0.2) is 15.0 Å². The molecule has 0 N–H and O–H groups in total. The molecule has 0 saturated heterocycles. The maximum absolute atomic E-state index is 6.18. The highest BCUT2D eigenvalue weighted by atomic mass is 35.5. The summed E-state index contributed by atoms with van der Waals surface area (Å²) in [4.78, 5) is 0. The van der Waals surface area contributed by atoms with Gasteiger partial charge in [0, 0.05) is 5.02 Å². The molecule has 17 heavy (non-hydrogen) atoms. The Bertz CT molecular complexity index is 508. The maximum Gasteiger partial charge on any atom is 0.139 e. The Hall–Kier alpha value is -1.41. The van der Waals surface area contributed by atoms with Gasteiger partial charge < -0.3 is 4.74 Å². The van der Waals surface area contributed by atoms with Crippen molar-refractivity contribution in [2.45, 2.75) is 6.42 Å². The zero-order valence-corrected chi connectivity index (χ0v) is 10.8. The van der Waals surface area contributed by atoms with E-state index in [1.807, 2.05) is 24.3 Å². The lowest BCUT2D eigenvalue weighted by atomic mass is 9.92. The number of rotatable bonds is 3. The standard InChI is InChI=1S/C14H14BClO/c1-17-13-5-2-10(3-6-13)8-11-9-12(15)4-7-14(11)16/h2-7,9H,8,15H2,1H3. The van der Waals surface area contributed by atoms with E-state index in [2.05, 4.69) is 26.0 Å². The largest absolute Gasteiger partial charge is 0.497 e. The first kappa shape index (κ1) is 12.1. The molecule has 3 heteroatoms. The average Bonchev–Trinajstić information content (AvgIpc) is 2.35. The van der Waals surface area contributed by atoms with Crippen molar-refractivity contribution >= 4 is 24.9 Å². The smallest absolute Gasteiger partial charge is 0.139 e. The fourth-order valence-corrected chi connectivity index (χ4v) is 1.99. The summed E-state index contributed by atoms with van der Waals surface area (Å²) in [6, 6.07) is 14.2. The van der Waals surface area contributed by atoms with Crippen LogP contribution in [0.3, 0.4) is 0 Å². The Balaban J connectivity index is 2.22. The van der Waals surface area contributed by atoms with Crippen LogP contribution in [0, 0.1) is 0 Å². The lowest BCUT2D eigenvalue weighted by Crippen LogP contribution is -2.03. The molecule has 0 bridgehead atoms. The van der Waals surface area contributed by atoms with Crippen LogP contribution in [0.15, 0.2) is 42.5 Å². The van der Waals surface area contributed by atoms with Crippen LogP contribution in [0.2, 0.25) is 5.02 Å². The molecule has 0 aliphatic heterocycles. The van der Waals surface area contributed by atoms with Gasteiger partial charge in [-0.1, -0.05) is 41.3 Å². The van der Waals surface area contributed by atoms with Crippen molar-refractivity contribution in [3.05, 3.63) is 58.6 Å². The Morgan fingerprint density at radius 2 is 1.82 bits per heavy atom. The minimum atomic E-state index is 0.825. The molecule has 0 atom stereocenters. The van der Waals surface area contributed by atoms with Crippen LogP contribution in [0.1, 0.15) is 11.1 Å². The van der Waals surface area contributed by atoms with Crippen LogP contribution in [-0.2, 0) is 6.42 Å². The molecule has 0 fully saturated rings. The van der Waals surface area contributed by atoms with Crippen molar-refractivity contribution in [3.63, 3.8) is 0 Å². The molecule has 0 unspecified atom stereocenters. The molecule has 2 aromatic rings. The summed E-state index contributed by atoms with van der Waals surface area (Å²) in [7, 11) is 3.75. The second-order valence-electron chi connectivity index (χ2n) is 4.12. The third kappa shape index (κ3) is 3.04. The van der Waals surface area contributed by atoms with E-state index < -0.39 is 0 Å². The van der Waals surface area contributed by atoms with Crippen LogP contribution in [0.25, 0.3) is 0 Å². The second-order valence-corrected chi connectivity index (χ2v) is 4.53. The van der Waals surface area contributed by atoms with Crippen LogP contribution >= 0.6 is 11.6 Å². The Labute approximate surface area is 108 Å². The van der Waals surface area contributed by atoms with Gasteiger partial charge in [0.25, 0.3) is 0 Å². The molecule has 2 aromatic carbocycles.